The Bertz CT molecular complexity index is 297. The normalized spacial score (nSPS) is 10.6. The van der Waals surface area contributed by atoms with E-state index in [0.29, 0.717) is 5.75 Å². The first-order valence-corrected chi connectivity index (χ1v) is 4.67. The van der Waals surface area contributed by atoms with Gasteiger partial charge in [-0.1, -0.05) is 25.5 Å². The Morgan fingerprint density at radius 1 is 1.36 bits per heavy atom. The Kier molecular flexibility index (Phi) is 3.86. The minimum atomic E-state index is -2.74. The molecular weight excluding hydrogens is 186 g/mol. The van der Waals surface area contributed by atoms with Gasteiger partial charge in [0.05, 0.1) is 0 Å². The summed E-state index contributed by atoms with van der Waals surface area (Å²) in [7, 11) is 0. The third-order valence-electron chi connectivity index (χ3n) is 1.96. The highest BCUT2D eigenvalue weighted by Gasteiger charge is 2.08. The number of halogens is 2. The Morgan fingerprint density at radius 2 is 2.07 bits per heavy atom. The maximum Gasteiger partial charge on any atom is 0.387 e. The number of ether oxygens (including phenoxy) is 1. The second-order valence-electron chi connectivity index (χ2n) is 3.24. The van der Waals surface area contributed by atoms with Crippen molar-refractivity contribution in [3.63, 3.8) is 0 Å². The molecule has 0 unspecified atom stereocenters. The van der Waals surface area contributed by atoms with Gasteiger partial charge in [-0.05, 0) is 30.5 Å². The van der Waals surface area contributed by atoms with E-state index in [-0.39, 0.29) is 0 Å². The molecule has 0 saturated heterocycles. The molecule has 0 N–H and O–H groups in total. The third kappa shape index (κ3) is 2.98. The third-order valence-corrected chi connectivity index (χ3v) is 1.96. The Hall–Kier alpha value is -1.12. The first-order valence-electron chi connectivity index (χ1n) is 4.67. The predicted molar refractivity (Wildman–Crippen MR) is 51.8 cm³/mol. The van der Waals surface area contributed by atoms with Crippen LogP contribution in [0, 0.1) is 6.92 Å². The van der Waals surface area contributed by atoms with Crippen LogP contribution < -0.4 is 4.74 Å². The van der Waals surface area contributed by atoms with Crippen molar-refractivity contribution in [3.8, 4) is 5.75 Å². The van der Waals surface area contributed by atoms with Gasteiger partial charge in [0.2, 0.25) is 0 Å². The van der Waals surface area contributed by atoms with E-state index in [9.17, 15) is 8.78 Å². The van der Waals surface area contributed by atoms with Crippen LogP contribution >= 0.6 is 0 Å². The van der Waals surface area contributed by atoms with Crippen LogP contribution in [-0.4, -0.2) is 6.61 Å². The number of rotatable bonds is 4. The van der Waals surface area contributed by atoms with Gasteiger partial charge < -0.3 is 4.74 Å². The van der Waals surface area contributed by atoms with Gasteiger partial charge in [-0.15, -0.1) is 0 Å². The molecule has 78 valence electrons. The molecule has 0 atom stereocenters. The number of aryl methyl sites for hydroxylation is 2. The predicted octanol–water partition coefficient (Wildman–Crippen LogP) is 3.55. The zero-order chi connectivity index (χ0) is 10.6. The second-order valence-corrected chi connectivity index (χ2v) is 3.24. The average molecular weight is 200 g/mol. The lowest BCUT2D eigenvalue weighted by Gasteiger charge is -2.10. The summed E-state index contributed by atoms with van der Waals surface area (Å²) in [6, 6.07) is 5.40. The molecule has 3 heteroatoms. The quantitative estimate of drug-likeness (QED) is 0.722. The van der Waals surface area contributed by atoms with Gasteiger partial charge in [0.15, 0.2) is 0 Å². The van der Waals surface area contributed by atoms with E-state index in [1.54, 1.807) is 6.07 Å². The molecule has 0 amide bonds. The van der Waals surface area contributed by atoms with Crippen LogP contribution in [-0.2, 0) is 6.42 Å². The summed E-state index contributed by atoms with van der Waals surface area (Å²) in [5.74, 6) is 0.307. The molecule has 1 rings (SSSR count). The summed E-state index contributed by atoms with van der Waals surface area (Å²) in [6.07, 6.45) is 1.69. The van der Waals surface area contributed by atoms with Gasteiger partial charge in [-0.25, -0.2) is 0 Å². The van der Waals surface area contributed by atoms with Gasteiger partial charge in [-0.3, -0.25) is 0 Å². The molecule has 1 aromatic rings. The van der Waals surface area contributed by atoms with E-state index in [1.807, 2.05) is 26.0 Å². The van der Waals surface area contributed by atoms with Crippen LogP contribution in [0.2, 0.25) is 0 Å². The molecule has 0 fully saturated rings. The summed E-state index contributed by atoms with van der Waals surface area (Å²) in [5.41, 5.74) is 1.78. The van der Waals surface area contributed by atoms with Crippen LogP contribution in [0.1, 0.15) is 24.5 Å². The van der Waals surface area contributed by atoms with E-state index >= 15 is 0 Å². The van der Waals surface area contributed by atoms with Crippen LogP contribution in [0.4, 0.5) is 8.78 Å². The zero-order valence-electron chi connectivity index (χ0n) is 8.39. The first-order chi connectivity index (χ1) is 6.63. The molecule has 0 saturated carbocycles. The van der Waals surface area contributed by atoms with Gasteiger partial charge in [0.25, 0.3) is 0 Å². The first kappa shape index (κ1) is 11.0. The lowest BCUT2D eigenvalue weighted by atomic mass is 10.1. The lowest BCUT2D eigenvalue weighted by Crippen LogP contribution is -2.04. The highest BCUT2D eigenvalue weighted by atomic mass is 19.3. The molecule has 0 radical (unpaired) electrons. The standard InChI is InChI=1S/C11H14F2O/c1-3-4-9-6-5-8(2)7-10(9)14-11(12)13/h5-7,11H,3-4H2,1-2H3. The van der Waals surface area contributed by atoms with Crippen molar-refractivity contribution in [1.82, 2.24) is 0 Å². The minimum absolute atomic E-state index is 0.307. The van der Waals surface area contributed by atoms with Crippen molar-refractivity contribution in [2.75, 3.05) is 0 Å². The topological polar surface area (TPSA) is 9.23 Å². The minimum Gasteiger partial charge on any atom is -0.435 e. The molecule has 0 heterocycles. The smallest absolute Gasteiger partial charge is 0.387 e. The molecule has 1 nitrogen and oxygen atoms in total. The highest BCUT2D eigenvalue weighted by Crippen LogP contribution is 2.23. The number of hydrogen-bond acceptors (Lipinski definition) is 1. The maximum absolute atomic E-state index is 12.1. The van der Waals surface area contributed by atoms with Crippen LogP contribution in [0.15, 0.2) is 18.2 Å². The van der Waals surface area contributed by atoms with Crippen molar-refractivity contribution < 1.29 is 13.5 Å². The average Bonchev–Trinajstić information content (AvgIpc) is 2.09. The lowest BCUT2D eigenvalue weighted by molar-refractivity contribution is -0.0504. The van der Waals surface area contributed by atoms with Gasteiger partial charge >= 0.3 is 6.61 Å². The summed E-state index contributed by atoms with van der Waals surface area (Å²) in [5, 5.41) is 0. The van der Waals surface area contributed by atoms with E-state index in [1.165, 1.54) is 0 Å². The largest absolute Gasteiger partial charge is 0.435 e. The number of alkyl halides is 2. The molecule has 14 heavy (non-hydrogen) atoms. The fraction of sp³-hybridized carbons (Fsp3) is 0.455. The van der Waals surface area contributed by atoms with Gasteiger partial charge in [-0.2, -0.15) is 8.78 Å². The van der Waals surface area contributed by atoms with E-state index < -0.39 is 6.61 Å². The van der Waals surface area contributed by atoms with E-state index in [0.717, 1.165) is 24.0 Å². The molecule has 0 bridgehead atoms. The number of benzene rings is 1. The molecule has 0 aromatic heterocycles. The maximum atomic E-state index is 12.1. The van der Waals surface area contributed by atoms with Crippen LogP contribution in [0.25, 0.3) is 0 Å². The Balaban J connectivity index is 2.90. The van der Waals surface area contributed by atoms with E-state index in [2.05, 4.69) is 4.74 Å². The molecule has 0 spiro atoms. The second kappa shape index (κ2) is 4.94. The SMILES string of the molecule is CCCc1ccc(C)cc1OC(F)F. The van der Waals surface area contributed by atoms with Crippen molar-refractivity contribution in [3.05, 3.63) is 29.3 Å². The summed E-state index contributed by atoms with van der Waals surface area (Å²) >= 11 is 0. The summed E-state index contributed by atoms with van der Waals surface area (Å²) < 4.78 is 28.5. The summed E-state index contributed by atoms with van der Waals surface area (Å²) in [4.78, 5) is 0. The van der Waals surface area contributed by atoms with Gasteiger partial charge in [0, 0.05) is 0 Å². The molecule has 0 aliphatic rings. The Morgan fingerprint density at radius 3 is 2.64 bits per heavy atom. The van der Waals surface area contributed by atoms with Crippen molar-refractivity contribution in [1.29, 1.82) is 0 Å². The van der Waals surface area contributed by atoms with Gasteiger partial charge in [0.1, 0.15) is 5.75 Å². The highest BCUT2D eigenvalue weighted by molar-refractivity contribution is 5.37. The Labute approximate surface area is 82.7 Å². The monoisotopic (exact) mass is 200 g/mol. The van der Waals surface area contributed by atoms with Crippen LogP contribution in [0.5, 0.6) is 5.75 Å². The van der Waals surface area contributed by atoms with Crippen molar-refractivity contribution in [2.24, 2.45) is 0 Å². The molecule has 0 aliphatic carbocycles. The fourth-order valence-corrected chi connectivity index (χ4v) is 1.34. The number of hydrogen-bond donors (Lipinski definition) is 0. The van der Waals surface area contributed by atoms with E-state index in [4.69, 9.17) is 0 Å². The summed E-state index contributed by atoms with van der Waals surface area (Å²) in [6.45, 7) is 1.12. The fourth-order valence-electron chi connectivity index (χ4n) is 1.34. The zero-order valence-corrected chi connectivity index (χ0v) is 8.39. The molecular formula is C11H14F2O. The molecule has 0 aliphatic heterocycles. The van der Waals surface area contributed by atoms with Crippen molar-refractivity contribution >= 4 is 0 Å². The van der Waals surface area contributed by atoms with Crippen LogP contribution in [0.3, 0.4) is 0 Å². The molecule has 1 aromatic carbocycles. The van der Waals surface area contributed by atoms with Crippen molar-refractivity contribution in [2.45, 2.75) is 33.3 Å².